The number of anilines is 1. The fourth-order valence-electron chi connectivity index (χ4n) is 3.89. The third-order valence-corrected chi connectivity index (χ3v) is 4.98. The van der Waals surface area contributed by atoms with Gasteiger partial charge >= 0.3 is 0 Å². The molecule has 0 radical (unpaired) electrons. The van der Waals surface area contributed by atoms with Gasteiger partial charge in [0, 0.05) is 25.0 Å². The molecule has 2 nitrogen and oxygen atoms in total. The van der Waals surface area contributed by atoms with Crippen molar-refractivity contribution in [2.45, 2.75) is 19.8 Å². The van der Waals surface area contributed by atoms with Crippen molar-refractivity contribution in [3.63, 3.8) is 0 Å². The summed E-state index contributed by atoms with van der Waals surface area (Å²) < 4.78 is 0. The lowest BCUT2D eigenvalue weighted by molar-refractivity contribution is 0.0594. The molecule has 1 spiro atoms. The quantitative estimate of drug-likeness (QED) is 0.826. The van der Waals surface area contributed by atoms with E-state index in [1.54, 1.807) is 11.1 Å². The molecule has 1 aromatic rings. The molecule has 2 aliphatic carbocycles. The minimum Gasteiger partial charge on any atom is -0.306 e. The van der Waals surface area contributed by atoms with E-state index in [-0.39, 0.29) is 5.41 Å². The molecule has 0 amide bonds. The van der Waals surface area contributed by atoms with Crippen molar-refractivity contribution in [2.24, 2.45) is 5.41 Å². The molecule has 2 heteroatoms. The van der Waals surface area contributed by atoms with E-state index >= 15 is 0 Å². The van der Waals surface area contributed by atoms with E-state index in [2.05, 4.69) is 71.6 Å². The Bertz CT molecular complexity index is 618. The summed E-state index contributed by atoms with van der Waals surface area (Å²) in [6.07, 6.45) is 12.0. The molecular weight excluding hydrogens is 256 g/mol. The normalized spacial score (nSPS) is 22.5. The summed E-state index contributed by atoms with van der Waals surface area (Å²) in [5.41, 5.74) is 4.73. The molecule has 0 bridgehead atoms. The van der Waals surface area contributed by atoms with E-state index in [0.29, 0.717) is 0 Å². The third kappa shape index (κ3) is 1.97. The maximum absolute atomic E-state index is 2.48. The van der Waals surface area contributed by atoms with Gasteiger partial charge < -0.3 is 5.01 Å². The summed E-state index contributed by atoms with van der Waals surface area (Å²) >= 11 is 0. The number of hydrazine groups is 1. The van der Waals surface area contributed by atoms with Gasteiger partial charge in [0.2, 0.25) is 0 Å². The molecule has 0 saturated carbocycles. The van der Waals surface area contributed by atoms with Crippen molar-refractivity contribution in [1.82, 2.24) is 5.01 Å². The number of hydrogen-bond donors (Lipinski definition) is 0. The minimum absolute atomic E-state index is 0.286. The summed E-state index contributed by atoms with van der Waals surface area (Å²) in [5, 5.41) is 4.89. The zero-order chi connectivity index (χ0) is 14.3. The lowest BCUT2D eigenvalue weighted by atomic mass is 9.74. The lowest BCUT2D eigenvalue weighted by Gasteiger charge is -2.53. The van der Waals surface area contributed by atoms with E-state index < -0.39 is 0 Å². The standard InChI is InChI=1S/C19H22N2/c1-2-21(17-9-4-3-5-10-17)20-14-19(15-20)13-12-16-8-6-7-11-18(16)19/h3-5,7,9-13H,2,6,8,14-15H2,1H3. The highest BCUT2D eigenvalue weighted by molar-refractivity contribution is 5.53. The second kappa shape index (κ2) is 4.88. The highest BCUT2D eigenvalue weighted by Gasteiger charge is 2.48. The predicted molar refractivity (Wildman–Crippen MR) is 88.0 cm³/mol. The second-order valence-electron chi connectivity index (χ2n) is 6.24. The zero-order valence-electron chi connectivity index (χ0n) is 12.6. The molecule has 1 fully saturated rings. The molecule has 0 unspecified atom stereocenters. The van der Waals surface area contributed by atoms with Crippen LogP contribution in [0.1, 0.15) is 19.8 Å². The maximum atomic E-state index is 2.48. The Hall–Kier alpha value is -1.80. The van der Waals surface area contributed by atoms with Crippen LogP contribution in [0.25, 0.3) is 0 Å². The molecule has 108 valence electrons. The number of benzene rings is 1. The Balaban J connectivity index is 1.53. The van der Waals surface area contributed by atoms with Gasteiger partial charge in [-0.2, -0.15) is 0 Å². The van der Waals surface area contributed by atoms with Crippen LogP contribution in [0.4, 0.5) is 5.69 Å². The number of hydrogen-bond acceptors (Lipinski definition) is 2. The number of para-hydroxylation sites is 1. The second-order valence-corrected chi connectivity index (χ2v) is 6.24. The van der Waals surface area contributed by atoms with Gasteiger partial charge in [0.25, 0.3) is 0 Å². The van der Waals surface area contributed by atoms with Crippen LogP contribution in [0.2, 0.25) is 0 Å². The van der Waals surface area contributed by atoms with Gasteiger partial charge in [-0.05, 0) is 43.0 Å². The van der Waals surface area contributed by atoms with Crippen molar-refractivity contribution in [1.29, 1.82) is 0 Å². The van der Waals surface area contributed by atoms with E-state index in [1.807, 2.05) is 0 Å². The lowest BCUT2D eigenvalue weighted by Crippen LogP contribution is -2.62. The maximum Gasteiger partial charge on any atom is 0.0522 e. The number of rotatable bonds is 3. The zero-order valence-corrected chi connectivity index (χ0v) is 12.6. The summed E-state index contributed by atoms with van der Waals surface area (Å²) in [7, 11) is 0. The first-order valence-electron chi connectivity index (χ1n) is 7.99. The van der Waals surface area contributed by atoms with Crippen LogP contribution in [-0.2, 0) is 0 Å². The largest absolute Gasteiger partial charge is 0.306 e. The van der Waals surface area contributed by atoms with Crippen molar-refractivity contribution in [2.75, 3.05) is 24.6 Å². The predicted octanol–water partition coefficient (Wildman–Crippen LogP) is 3.95. The molecule has 4 rings (SSSR count). The van der Waals surface area contributed by atoms with Gasteiger partial charge in [-0.15, -0.1) is 0 Å². The van der Waals surface area contributed by atoms with Crippen LogP contribution >= 0.6 is 0 Å². The average Bonchev–Trinajstić information content (AvgIpc) is 2.89. The first kappa shape index (κ1) is 12.9. The summed E-state index contributed by atoms with van der Waals surface area (Å²) in [6, 6.07) is 10.7. The minimum atomic E-state index is 0.286. The molecule has 1 saturated heterocycles. The van der Waals surface area contributed by atoms with Crippen LogP contribution in [0.15, 0.2) is 65.8 Å². The summed E-state index contributed by atoms with van der Waals surface area (Å²) in [5.74, 6) is 0. The molecule has 0 aromatic heterocycles. The number of nitrogens with zero attached hydrogens (tertiary/aromatic N) is 2. The smallest absolute Gasteiger partial charge is 0.0522 e. The summed E-state index contributed by atoms with van der Waals surface area (Å²) in [4.78, 5) is 0. The van der Waals surface area contributed by atoms with E-state index in [0.717, 1.165) is 19.6 Å². The van der Waals surface area contributed by atoms with Crippen molar-refractivity contribution in [3.05, 3.63) is 65.8 Å². The van der Waals surface area contributed by atoms with E-state index in [9.17, 15) is 0 Å². The van der Waals surface area contributed by atoms with Gasteiger partial charge in [0.05, 0.1) is 5.69 Å². The fraction of sp³-hybridized carbons (Fsp3) is 0.368. The van der Waals surface area contributed by atoms with Gasteiger partial charge in [0.15, 0.2) is 0 Å². The Labute approximate surface area is 127 Å². The number of fused-ring (bicyclic) bond motifs is 1. The molecule has 0 atom stereocenters. The van der Waals surface area contributed by atoms with Gasteiger partial charge in [0.1, 0.15) is 0 Å². The number of allylic oxidation sites excluding steroid dienone is 4. The first-order chi connectivity index (χ1) is 10.3. The fourth-order valence-corrected chi connectivity index (χ4v) is 3.89. The van der Waals surface area contributed by atoms with Crippen LogP contribution in [-0.4, -0.2) is 24.6 Å². The van der Waals surface area contributed by atoms with Gasteiger partial charge in [-0.1, -0.05) is 42.5 Å². The highest BCUT2D eigenvalue weighted by Crippen LogP contribution is 2.48. The Morgan fingerprint density at radius 1 is 1.14 bits per heavy atom. The van der Waals surface area contributed by atoms with E-state index in [4.69, 9.17) is 0 Å². The highest BCUT2D eigenvalue weighted by atomic mass is 15.6. The monoisotopic (exact) mass is 278 g/mol. The molecule has 0 N–H and O–H groups in total. The van der Waals surface area contributed by atoms with Gasteiger partial charge in [-0.25, -0.2) is 5.01 Å². The van der Waals surface area contributed by atoms with E-state index in [1.165, 1.54) is 18.5 Å². The molecule has 1 heterocycles. The molecule has 1 aliphatic heterocycles. The topological polar surface area (TPSA) is 6.48 Å². The van der Waals surface area contributed by atoms with Gasteiger partial charge in [-0.3, -0.25) is 0 Å². The Morgan fingerprint density at radius 2 is 1.95 bits per heavy atom. The Morgan fingerprint density at radius 3 is 2.71 bits per heavy atom. The van der Waals surface area contributed by atoms with Crippen molar-refractivity contribution >= 4 is 5.69 Å². The average molecular weight is 278 g/mol. The first-order valence-corrected chi connectivity index (χ1v) is 7.99. The molecule has 21 heavy (non-hydrogen) atoms. The SMILES string of the molecule is CCN(c1ccccc1)N1CC2(C=CC3=C2C=CCC3)C1. The van der Waals surface area contributed by atoms with Crippen LogP contribution in [0.3, 0.4) is 0 Å². The van der Waals surface area contributed by atoms with Crippen LogP contribution in [0, 0.1) is 5.41 Å². The van der Waals surface area contributed by atoms with Crippen LogP contribution in [0.5, 0.6) is 0 Å². The molecule has 1 aromatic carbocycles. The Kier molecular flexibility index (Phi) is 3.00. The van der Waals surface area contributed by atoms with Crippen molar-refractivity contribution < 1.29 is 0 Å². The molecular formula is C19H22N2. The van der Waals surface area contributed by atoms with Crippen LogP contribution < -0.4 is 5.01 Å². The summed E-state index contributed by atoms with van der Waals surface area (Å²) in [6.45, 7) is 5.46. The molecule has 3 aliphatic rings. The van der Waals surface area contributed by atoms with Crippen molar-refractivity contribution in [3.8, 4) is 0 Å². The third-order valence-electron chi connectivity index (χ3n) is 4.98.